The zero-order valence-corrected chi connectivity index (χ0v) is 8.41. The summed E-state index contributed by atoms with van der Waals surface area (Å²) in [6, 6.07) is 3.66. The van der Waals surface area contributed by atoms with Gasteiger partial charge in [-0.05, 0) is 17.9 Å². The van der Waals surface area contributed by atoms with Crippen LogP contribution in [0, 0.1) is 5.41 Å². The van der Waals surface area contributed by atoms with E-state index in [1.54, 1.807) is 21.6 Å². The molecule has 0 bridgehead atoms. The van der Waals surface area contributed by atoms with Crippen molar-refractivity contribution in [2.24, 2.45) is 0 Å². The van der Waals surface area contributed by atoms with Gasteiger partial charge in [0.25, 0.3) is 0 Å². The summed E-state index contributed by atoms with van der Waals surface area (Å²) in [5.74, 6) is 2.04. The molecule has 0 saturated heterocycles. The molecule has 0 aromatic carbocycles. The molecule has 0 aliphatic heterocycles. The van der Waals surface area contributed by atoms with Crippen LogP contribution in [0.15, 0.2) is 48.9 Å². The lowest BCUT2D eigenvalue weighted by molar-refractivity contribution is 0.823. The lowest BCUT2D eigenvalue weighted by atomic mass is 9.96. The smallest absolute Gasteiger partial charge is 0.386 e. The van der Waals surface area contributed by atoms with Gasteiger partial charge in [-0.15, -0.1) is 0 Å². The molecule has 2 aromatic rings. The van der Waals surface area contributed by atoms with Crippen LogP contribution in [0.1, 0.15) is 0 Å². The molecule has 0 saturated carbocycles. The molecule has 0 spiro atoms. The van der Waals surface area contributed by atoms with Gasteiger partial charge in [-0.1, -0.05) is 0 Å². The predicted octanol–water partition coefficient (Wildman–Crippen LogP) is -0.0322. The van der Waals surface area contributed by atoms with Crippen LogP contribution in [-0.4, -0.2) is 32.4 Å². The van der Waals surface area contributed by atoms with Crippen molar-refractivity contribution in [3.63, 3.8) is 0 Å². The number of aromatic nitrogens is 4. The molecule has 2 heterocycles. The van der Waals surface area contributed by atoms with Crippen LogP contribution >= 0.6 is 0 Å². The Hall–Kier alpha value is -2.49. The summed E-state index contributed by atoms with van der Waals surface area (Å²) in [6.07, 6.45) is 8.52. The third-order valence-corrected chi connectivity index (χ3v) is 1.93. The van der Waals surface area contributed by atoms with Crippen LogP contribution in [0.3, 0.4) is 0 Å². The lowest BCUT2D eigenvalue weighted by Gasteiger charge is -2.11. The van der Waals surface area contributed by atoms with Crippen molar-refractivity contribution in [3.05, 3.63) is 48.9 Å². The van der Waals surface area contributed by atoms with E-state index in [-0.39, 0.29) is 7.12 Å². The SMILES string of the molecule is N=C=C=CNB(n1cccn1)n1cccn1. The first-order chi connectivity index (χ1) is 7.92. The van der Waals surface area contributed by atoms with E-state index in [0.29, 0.717) is 0 Å². The lowest BCUT2D eigenvalue weighted by Crippen LogP contribution is -2.45. The molecule has 7 heteroatoms. The summed E-state index contributed by atoms with van der Waals surface area (Å²) in [5, 5.41) is 18.0. The van der Waals surface area contributed by atoms with E-state index < -0.39 is 0 Å². The van der Waals surface area contributed by atoms with E-state index >= 15 is 0 Å². The largest absolute Gasteiger partial charge is 0.544 e. The van der Waals surface area contributed by atoms with E-state index in [1.165, 1.54) is 6.20 Å². The molecule has 0 fully saturated rings. The fourth-order valence-electron chi connectivity index (χ4n) is 1.28. The van der Waals surface area contributed by atoms with Gasteiger partial charge in [0.1, 0.15) is 0 Å². The van der Waals surface area contributed by atoms with Crippen molar-refractivity contribution in [2.75, 3.05) is 0 Å². The standard InChI is InChI=1S/C9H9BN6/c11-4-1-5-12-10(15-8-2-6-13-15)16-9-3-7-14-16/h2-3,5-9,11-12H. The van der Waals surface area contributed by atoms with Gasteiger partial charge < -0.3 is 5.23 Å². The molecular formula is C9H9BN6. The van der Waals surface area contributed by atoms with Gasteiger partial charge in [-0.25, -0.2) is 0 Å². The van der Waals surface area contributed by atoms with Gasteiger partial charge in [0.15, 0.2) is 0 Å². The second-order valence-electron chi connectivity index (χ2n) is 2.93. The summed E-state index contributed by atoms with van der Waals surface area (Å²) < 4.78 is 3.41. The number of rotatable bonds is 4. The second-order valence-corrected chi connectivity index (χ2v) is 2.93. The van der Waals surface area contributed by atoms with E-state index in [2.05, 4.69) is 21.2 Å². The fraction of sp³-hybridized carbons (Fsp3) is 0. The molecule has 0 aliphatic carbocycles. The minimum Gasteiger partial charge on any atom is -0.386 e. The fourth-order valence-corrected chi connectivity index (χ4v) is 1.28. The van der Waals surface area contributed by atoms with Crippen LogP contribution in [0.5, 0.6) is 0 Å². The Morgan fingerprint density at radius 1 is 1.19 bits per heavy atom. The highest BCUT2D eigenvalue weighted by molar-refractivity contribution is 6.52. The van der Waals surface area contributed by atoms with Crippen molar-refractivity contribution in [1.82, 2.24) is 24.6 Å². The van der Waals surface area contributed by atoms with Crippen molar-refractivity contribution in [1.29, 1.82) is 5.41 Å². The second kappa shape index (κ2) is 4.84. The molecule has 0 aliphatic rings. The highest BCUT2D eigenvalue weighted by atomic mass is 15.4. The number of hydrogen-bond acceptors (Lipinski definition) is 4. The summed E-state index contributed by atoms with van der Waals surface area (Å²) >= 11 is 0. The van der Waals surface area contributed by atoms with Gasteiger partial charge in [0.2, 0.25) is 0 Å². The Bertz CT molecular complexity index is 470. The molecule has 0 amide bonds. The van der Waals surface area contributed by atoms with Crippen LogP contribution < -0.4 is 5.23 Å². The molecular weight excluding hydrogens is 203 g/mol. The van der Waals surface area contributed by atoms with Crippen LogP contribution in [0.25, 0.3) is 0 Å². The van der Waals surface area contributed by atoms with Gasteiger partial charge in [0, 0.05) is 36.9 Å². The topological polar surface area (TPSA) is 71.5 Å². The third-order valence-electron chi connectivity index (χ3n) is 1.93. The quantitative estimate of drug-likeness (QED) is 0.424. The Labute approximate surface area is 92.5 Å². The summed E-state index contributed by atoms with van der Waals surface area (Å²) in [5.41, 5.74) is 2.50. The van der Waals surface area contributed by atoms with Crippen LogP contribution in [0.2, 0.25) is 0 Å². The van der Waals surface area contributed by atoms with E-state index in [4.69, 9.17) is 5.41 Å². The van der Waals surface area contributed by atoms with Crippen molar-refractivity contribution in [3.8, 4) is 0 Å². The highest BCUT2D eigenvalue weighted by Gasteiger charge is 2.20. The van der Waals surface area contributed by atoms with E-state index in [0.717, 1.165) is 0 Å². The predicted molar refractivity (Wildman–Crippen MR) is 59.9 cm³/mol. The van der Waals surface area contributed by atoms with Crippen molar-refractivity contribution < 1.29 is 0 Å². The molecule has 2 rings (SSSR count). The average molecular weight is 212 g/mol. The Morgan fingerprint density at radius 3 is 2.25 bits per heavy atom. The highest BCUT2D eigenvalue weighted by Crippen LogP contribution is 1.91. The molecule has 0 unspecified atom stereocenters. The van der Waals surface area contributed by atoms with Crippen molar-refractivity contribution >= 4 is 13.0 Å². The molecule has 78 valence electrons. The minimum absolute atomic E-state index is 0.272. The number of nitrogens with zero attached hydrogens (tertiary/aromatic N) is 4. The Morgan fingerprint density at radius 2 is 1.81 bits per heavy atom. The van der Waals surface area contributed by atoms with Gasteiger partial charge in [-0.3, -0.25) is 14.6 Å². The normalized spacial score (nSPS) is 9.00. The van der Waals surface area contributed by atoms with Gasteiger partial charge >= 0.3 is 7.12 Å². The first-order valence-corrected chi connectivity index (χ1v) is 4.65. The first-order valence-electron chi connectivity index (χ1n) is 4.65. The summed E-state index contributed by atoms with van der Waals surface area (Å²) in [4.78, 5) is 0. The zero-order valence-electron chi connectivity index (χ0n) is 8.41. The average Bonchev–Trinajstić information content (AvgIpc) is 2.97. The van der Waals surface area contributed by atoms with Crippen molar-refractivity contribution in [2.45, 2.75) is 0 Å². The van der Waals surface area contributed by atoms with E-state index in [1.807, 2.05) is 30.4 Å². The number of nitrogens with one attached hydrogen (secondary N) is 2. The molecule has 0 atom stereocenters. The monoisotopic (exact) mass is 212 g/mol. The maximum Gasteiger partial charge on any atom is 0.544 e. The third kappa shape index (κ3) is 2.12. The number of hydrogen-bond donors (Lipinski definition) is 2. The molecule has 6 nitrogen and oxygen atoms in total. The summed E-state index contributed by atoms with van der Waals surface area (Å²) in [7, 11) is -0.272. The molecule has 16 heavy (non-hydrogen) atoms. The van der Waals surface area contributed by atoms with Gasteiger partial charge in [0.05, 0.1) is 0 Å². The minimum atomic E-state index is -0.272. The zero-order chi connectivity index (χ0) is 11.2. The van der Waals surface area contributed by atoms with Gasteiger partial charge in [-0.2, -0.15) is 10.2 Å². The summed E-state index contributed by atoms with van der Waals surface area (Å²) in [6.45, 7) is 0. The Balaban J connectivity index is 2.27. The first kappa shape index (κ1) is 10.0. The van der Waals surface area contributed by atoms with E-state index in [9.17, 15) is 0 Å². The van der Waals surface area contributed by atoms with Crippen LogP contribution in [0.4, 0.5) is 0 Å². The molecule has 2 aromatic heterocycles. The maximum atomic E-state index is 6.72. The molecule has 2 N–H and O–H groups in total. The molecule has 0 radical (unpaired) electrons. The maximum absolute atomic E-state index is 6.72. The Kier molecular flexibility index (Phi) is 3.04. The van der Waals surface area contributed by atoms with Crippen LogP contribution in [-0.2, 0) is 0 Å².